The summed E-state index contributed by atoms with van der Waals surface area (Å²) in [5.74, 6) is 3.01. The van der Waals surface area contributed by atoms with Gasteiger partial charge in [-0.25, -0.2) is 0 Å². The van der Waals surface area contributed by atoms with Crippen molar-refractivity contribution in [3.8, 4) is 0 Å². The summed E-state index contributed by atoms with van der Waals surface area (Å²) >= 11 is 0. The number of hydrogen-bond donors (Lipinski definition) is 1. The van der Waals surface area contributed by atoms with Crippen molar-refractivity contribution in [2.75, 3.05) is 13.2 Å². The first kappa shape index (κ1) is 14.4. The van der Waals surface area contributed by atoms with Gasteiger partial charge in [0.2, 0.25) is 5.91 Å². The second-order valence-electron chi connectivity index (χ2n) is 7.52. The number of carbonyl (C=O) groups is 1. The molecule has 0 saturated heterocycles. The zero-order chi connectivity index (χ0) is 14.2. The number of ether oxygens (including phenoxy) is 1. The van der Waals surface area contributed by atoms with Crippen molar-refractivity contribution in [3.05, 3.63) is 0 Å². The van der Waals surface area contributed by atoms with Gasteiger partial charge in [-0.15, -0.1) is 0 Å². The lowest BCUT2D eigenvalue weighted by atomic mass is 9.48. The molecule has 0 aromatic rings. The molecule has 114 valence electrons. The van der Waals surface area contributed by atoms with Crippen LogP contribution in [0.2, 0.25) is 0 Å². The minimum Gasteiger partial charge on any atom is -0.381 e. The van der Waals surface area contributed by atoms with E-state index in [4.69, 9.17) is 4.74 Å². The molecule has 4 bridgehead atoms. The van der Waals surface area contributed by atoms with E-state index >= 15 is 0 Å². The molecule has 4 aliphatic carbocycles. The molecule has 4 fully saturated rings. The first-order chi connectivity index (χ1) is 9.61. The zero-order valence-corrected chi connectivity index (χ0v) is 13.0. The Kier molecular flexibility index (Phi) is 4.07. The maximum absolute atomic E-state index is 12.0. The van der Waals surface area contributed by atoms with Crippen LogP contribution in [0.5, 0.6) is 0 Å². The van der Waals surface area contributed by atoms with E-state index in [0.29, 0.717) is 31.1 Å². The van der Waals surface area contributed by atoms with E-state index in [0.717, 1.165) is 17.8 Å². The maximum Gasteiger partial charge on any atom is 0.222 e. The highest BCUT2D eigenvalue weighted by molar-refractivity contribution is 5.76. The third-order valence-electron chi connectivity index (χ3n) is 6.06. The van der Waals surface area contributed by atoms with Crippen molar-refractivity contribution in [2.24, 2.45) is 23.2 Å². The first-order valence-corrected chi connectivity index (χ1v) is 8.48. The Labute approximate surface area is 122 Å². The molecule has 0 heterocycles. The van der Waals surface area contributed by atoms with Crippen molar-refractivity contribution >= 4 is 5.91 Å². The fraction of sp³-hybridized carbons (Fsp3) is 0.941. The number of amides is 1. The van der Waals surface area contributed by atoms with Gasteiger partial charge in [0.15, 0.2) is 0 Å². The van der Waals surface area contributed by atoms with Crippen LogP contribution in [0.3, 0.4) is 0 Å². The summed E-state index contributed by atoms with van der Waals surface area (Å²) < 4.78 is 5.27. The molecule has 3 heteroatoms. The molecule has 0 aromatic carbocycles. The summed E-state index contributed by atoms with van der Waals surface area (Å²) in [6, 6.07) is 0.338. The number of nitrogens with one attached hydrogen (secondary N) is 1. The largest absolute Gasteiger partial charge is 0.381 e. The highest BCUT2D eigenvalue weighted by Gasteiger charge is 2.53. The summed E-state index contributed by atoms with van der Waals surface area (Å²) in [5.41, 5.74) is 0.413. The van der Waals surface area contributed by atoms with Crippen LogP contribution >= 0.6 is 0 Å². The normalized spacial score (nSPS) is 39.8. The van der Waals surface area contributed by atoms with Crippen LogP contribution in [0.15, 0.2) is 0 Å². The lowest BCUT2D eigenvalue weighted by Gasteiger charge is -2.59. The van der Waals surface area contributed by atoms with Gasteiger partial charge in [-0.2, -0.15) is 0 Å². The predicted molar refractivity (Wildman–Crippen MR) is 79.3 cm³/mol. The van der Waals surface area contributed by atoms with Gasteiger partial charge in [0, 0.05) is 19.1 Å². The first-order valence-electron chi connectivity index (χ1n) is 8.48. The smallest absolute Gasteiger partial charge is 0.222 e. The molecular weight excluding hydrogens is 250 g/mol. The summed E-state index contributed by atoms with van der Waals surface area (Å²) in [5, 5.41) is 3.28. The van der Waals surface area contributed by atoms with E-state index in [1.165, 1.54) is 38.5 Å². The van der Waals surface area contributed by atoms with Crippen LogP contribution in [-0.2, 0) is 9.53 Å². The summed E-state index contributed by atoms with van der Waals surface area (Å²) in [4.78, 5) is 12.0. The van der Waals surface area contributed by atoms with E-state index in [-0.39, 0.29) is 5.91 Å². The van der Waals surface area contributed by atoms with Gasteiger partial charge >= 0.3 is 0 Å². The van der Waals surface area contributed by atoms with Crippen LogP contribution in [0.4, 0.5) is 0 Å². The SMILES string of the molecule is CCOCCC(=O)NC(C)C12CC3CC(CC(C3)C1)C2. The summed E-state index contributed by atoms with van der Waals surface area (Å²) in [7, 11) is 0. The Morgan fingerprint density at radius 3 is 2.25 bits per heavy atom. The molecule has 0 aliphatic heterocycles. The topological polar surface area (TPSA) is 38.3 Å². The molecule has 1 N–H and O–H groups in total. The standard InChI is InChI=1S/C17H29NO2/c1-3-20-5-4-16(19)18-12(2)17-9-13-6-14(10-17)8-15(7-13)11-17/h12-15H,3-11H2,1-2H3,(H,18,19). The van der Waals surface area contributed by atoms with Crippen molar-refractivity contribution in [3.63, 3.8) is 0 Å². The van der Waals surface area contributed by atoms with Crippen molar-refractivity contribution < 1.29 is 9.53 Å². The second kappa shape index (κ2) is 5.67. The van der Waals surface area contributed by atoms with Gasteiger partial charge in [-0.1, -0.05) is 0 Å². The molecule has 0 aromatic heterocycles. The maximum atomic E-state index is 12.0. The lowest BCUT2D eigenvalue weighted by Crippen LogP contribution is -2.55. The molecule has 4 saturated carbocycles. The van der Waals surface area contributed by atoms with Crippen LogP contribution in [0.25, 0.3) is 0 Å². The molecule has 4 rings (SSSR count). The van der Waals surface area contributed by atoms with Crippen LogP contribution < -0.4 is 5.32 Å². The molecule has 0 spiro atoms. The molecule has 4 aliphatic rings. The number of hydrogen-bond acceptors (Lipinski definition) is 2. The highest BCUT2D eigenvalue weighted by atomic mass is 16.5. The predicted octanol–water partition coefficient (Wildman–Crippen LogP) is 3.13. The fourth-order valence-electron chi connectivity index (χ4n) is 5.48. The zero-order valence-electron chi connectivity index (χ0n) is 13.0. The molecule has 1 unspecified atom stereocenters. The van der Waals surface area contributed by atoms with Gasteiger partial charge in [0.25, 0.3) is 0 Å². The molecule has 3 nitrogen and oxygen atoms in total. The Bertz CT molecular complexity index is 331. The average molecular weight is 279 g/mol. The molecule has 1 atom stereocenters. The Balaban J connectivity index is 1.56. The van der Waals surface area contributed by atoms with Gasteiger partial charge < -0.3 is 10.1 Å². The van der Waals surface area contributed by atoms with E-state index in [2.05, 4.69) is 12.2 Å². The van der Waals surface area contributed by atoms with Crippen LogP contribution in [-0.4, -0.2) is 25.2 Å². The number of rotatable bonds is 6. The quantitative estimate of drug-likeness (QED) is 0.759. The van der Waals surface area contributed by atoms with Gasteiger partial charge in [0.1, 0.15) is 0 Å². The van der Waals surface area contributed by atoms with Gasteiger partial charge in [-0.3, -0.25) is 4.79 Å². The van der Waals surface area contributed by atoms with E-state index in [1.54, 1.807) is 0 Å². The van der Waals surface area contributed by atoms with Gasteiger partial charge in [-0.05, 0) is 75.5 Å². The Hall–Kier alpha value is -0.570. The Morgan fingerprint density at radius 1 is 1.20 bits per heavy atom. The monoisotopic (exact) mass is 279 g/mol. The van der Waals surface area contributed by atoms with Crippen molar-refractivity contribution in [1.82, 2.24) is 5.32 Å². The van der Waals surface area contributed by atoms with Crippen molar-refractivity contribution in [1.29, 1.82) is 0 Å². The summed E-state index contributed by atoms with van der Waals surface area (Å²) in [6.45, 7) is 5.45. The number of carbonyl (C=O) groups excluding carboxylic acids is 1. The Morgan fingerprint density at radius 2 is 1.75 bits per heavy atom. The van der Waals surface area contributed by atoms with Crippen LogP contribution in [0.1, 0.15) is 58.8 Å². The molecular formula is C17H29NO2. The fourth-order valence-corrected chi connectivity index (χ4v) is 5.48. The minimum atomic E-state index is 0.168. The average Bonchev–Trinajstić information content (AvgIpc) is 2.37. The second-order valence-corrected chi connectivity index (χ2v) is 7.52. The van der Waals surface area contributed by atoms with E-state index in [9.17, 15) is 4.79 Å². The lowest BCUT2D eigenvalue weighted by molar-refractivity contribution is -0.126. The summed E-state index contributed by atoms with van der Waals surface area (Å²) in [6.07, 6.45) is 8.95. The van der Waals surface area contributed by atoms with E-state index in [1.807, 2.05) is 6.92 Å². The minimum absolute atomic E-state index is 0.168. The van der Waals surface area contributed by atoms with Crippen molar-refractivity contribution in [2.45, 2.75) is 64.8 Å². The molecule has 20 heavy (non-hydrogen) atoms. The molecule has 0 radical (unpaired) electrons. The van der Waals surface area contributed by atoms with E-state index < -0.39 is 0 Å². The third kappa shape index (κ3) is 2.74. The molecule has 1 amide bonds. The highest BCUT2D eigenvalue weighted by Crippen LogP contribution is 2.61. The van der Waals surface area contributed by atoms with Crippen LogP contribution in [0, 0.1) is 23.2 Å². The third-order valence-corrected chi connectivity index (χ3v) is 6.06. The van der Waals surface area contributed by atoms with Gasteiger partial charge in [0.05, 0.1) is 6.61 Å².